The first kappa shape index (κ1) is 12.3. The summed E-state index contributed by atoms with van der Waals surface area (Å²) >= 11 is 0. The molecule has 0 saturated carbocycles. The maximum absolute atomic E-state index is 12.5. The highest BCUT2D eigenvalue weighted by atomic mass is 19.4. The third-order valence-corrected chi connectivity index (χ3v) is 1.93. The predicted octanol–water partition coefficient (Wildman–Crippen LogP) is 1.49. The van der Waals surface area contributed by atoms with Crippen molar-refractivity contribution in [1.82, 2.24) is 4.98 Å². The summed E-state index contributed by atoms with van der Waals surface area (Å²) in [5.74, 6) is -1.14. The van der Waals surface area contributed by atoms with E-state index in [-0.39, 0.29) is 5.69 Å². The molecule has 1 aromatic rings. The van der Waals surface area contributed by atoms with Gasteiger partial charge in [-0.15, -0.1) is 0 Å². The second kappa shape index (κ2) is 3.99. The third-order valence-electron chi connectivity index (χ3n) is 1.93. The number of hydrogen-bond donors (Lipinski definition) is 1. The molecule has 7 heteroatoms. The van der Waals surface area contributed by atoms with Gasteiger partial charge in [0.05, 0.1) is 18.2 Å². The molecule has 0 unspecified atom stereocenters. The summed E-state index contributed by atoms with van der Waals surface area (Å²) < 4.78 is 41.9. The smallest absolute Gasteiger partial charge is 0.417 e. The fourth-order valence-corrected chi connectivity index (χ4v) is 1.28. The maximum Gasteiger partial charge on any atom is 0.417 e. The number of hydrogen-bond acceptors (Lipinski definition) is 3. The molecule has 1 aromatic heterocycles. The standard InChI is InChI=1S/C9H8F3NO3/c1-4-7(8(15)16-2)5(9(10,11)12)3-6(14)13-4/h3H,1-2H3,(H,13,14). The van der Waals surface area contributed by atoms with Crippen molar-refractivity contribution in [3.63, 3.8) is 0 Å². The molecule has 0 saturated heterocycles. The Bertz CT molecular complexity index is 476. The number of pyridine rings is 1. The third kappa shape index (κ3) is 2.23. The van der Waals surface area contributed by atoms with Gasteiger partial charge in [0.25, 0.3) is 0 Å². The van der Waals surface area contributed by atoms with Crippen LogP contribution in [0.1, 0.15) is 21.6 Å². The van der Waals surface area contributed by atoms with Crippen molar-refractivity contribution in [2.45, 2.75) is 13.1 Å². The van der Waals surface area contributed by atoms with E-state index in [0.29, 0.717) is 6.07 Å². The number of methoxy groups -OCH3 is 1. The van der Waals surface area contributed by atoms with Crippen LogP contribution in [0.4, 0.5) is 13.2 Å². The monoisotopic (exact) mass is 235 g/mol. The highest BCUT2D eigenvalue weighted by Gasteiger charge is 2.37. The van der Waals surface area contributed by atoms with Gasteiger partial charge < -0.3 is 9.72 Å². The minimum Gasteiger partial charge on any atom is -0.465 e. The Morgan fingerprint density at radius 3 is 2.44 bits per heavy atom. The molecule has 0 spiro atoms. The normalized spacial score (nSPS) is 11.3. The molecule has 1 rings (SSSR count). The summed E-state index contributed by atoms with van der Waals surface area (Å²) in [6.07, 6.45) is -4.78. The first-order chi connectivity index (χ1) is 7.27. The van der Waals surface area contributed by atoms with Crippen LogP contribution in [0.5, 0.6) is 0 Å². The molecule has 0 radical (unpaired) electrons. The van der Waals surface area contributed by atoms with Crippen molar-refractivity contribution in [2.75, 3.05) is 7.11 Å². The highest BCUT2D eigenvalue weighted by molar-refractivity contribution is 5.92. The average molecular weight is 235 g/mol. The van der Waals surface area contributed by atoms with Gasteiger partial charge in [-0.2, -0.15) is 13.2 Å². The van der Waals surface area contributed by atoms with Crippen molar-refractivity contribution in [2.24, 2.45) is 0 Å². The molecule has 0 aromatic carbocycles. The number of rotatable bonds is 1. The van der Waals surface area contributed by atoms with Gasteiger partial charge in [-0.1, -0.05) is 0 Å². The van der Waals surface area contributed by atoms with E-state index in [1.54, 1.807) is 0 Å². The fourth-order valence-electron chi connectivity index (χ4n) is 1.28. The minimum atomic E-state index is -4.78. The lowest BCUT2D eigenvalue weighted by atomic mass is 10.1. The summed E-state index contributed by atoms with van der Waals surface area (Å²) in [7, 11) is 0.965. The van der Waals surface area contributed by atoms with Gasteiger partial charge >= 0.3 is 12.1 Å². The van der Waals surface area contributed by atoms with E-state index in [1.807, 2.05) is 0 Å². The molecule has 88 valence electrons. The molecule has 0 aliphatic carbocycles. The summed E-state index contributed by atoms with van der Waals surface area (Å²) in [6.45, 7) is 1.20. The number of aromatic nitrogens is 1. The molecule has 0 aliphatic heterocycles. The first-order valence-corrected chi connectivity index (χ1v) is 4.16. The Morgan fingerprint density at radius 1 is 1.44 bits per heavy atom. The number of carbonyl (C=O) groups is 1. The predicted molar refractivity (Wildman–Crippen MR) is 48.1 cm³/mol. The quantitative estimate of drug-likeness (QED) is 0.750. The van der Waals surface area contributed by atoms with Gasteiger partial charge in [0.15, 0.2) is 0 Å². The van der Waals surface area contributed by atoms with Gasteiger partial charge in [0.1, 0.15) is 0 Å². The summed E-state index contributed by atoms with van der Waals surface area (Å²) in [6, 6.07) is 0.333. The van der Waals surface area contributed by atoms with Gasteiger partial charge in [-0.25, -0.2) is 4.79 Å². The van der Waals surface area contributed by atoms with Crippen LogP contribution in [0.2, 0.25) is 0 Å². The van der Waals surface area contributed by atoms with Crippen LogP contribution in [-0.2, 0) is 10.9 Å². The number of halogens is 3. The topological polar surface area (TPSA) is 59.2 Å². The van der Waals surface area contributed by atoms with Gasteiger partial charge in [0, 0.05) is 11.8 Å². The maximum atomic E-state index is 12.5. The molecule has 1 N–H and O–H groups in total. The number of H-pyrrole nitrogens is 1. The van der Waals surface area contributed by atoms with Crippen LogP contribution in [0, 0.1) is 6.92 Å². The SMILES string of the molecule is COC(=O)c1c(C(F)(F)F)cc(=O)[nH]c1C. The van der Waals surface area contributed by atoms with E-state index in [4.69, 9.17) is 0 Å². The lowest BCUT2D eigenvalue weighted by Crippen LogP contribution is -2.22. The molecule has 0 atom stereocenters. The minimum absolute atomic E-state index is 0.174. The fraction of sp³-hybridized carbons (Fsp3) is 0.333. The number of esters is 1. The Morgan fingerprint density at radius 2 is 2.00 bits per heavy atom. The van der Waals surface area contributed by atoms with Crippen molar-refractivity contribution in [1.29, 1.82) is 0 Å². The van der Waals surface area contributed by atoms with Crippen LogP contribution >= 0.6 is 0 Å². The van der Waals surface area contributed by atoms with E-state index in [0.717, 1.165) is 7.11 Å². The van der Waals surface area contributed by atoms with Crippen LogP contribution in [0.25, 0.3) is 0 Å². The Balaban J connectivity index is 3.57. The number of aromatic amines is 1. The summed E-state index contributed by atoms with van der Waals surface area (Å²) in [5.41, 5.74) is -3.06. The van der Waals surface area contributed by atoms with Crippen molar-refractivity contribution >= 4 is 5.97 Å². The van der Waals surface area contributed by atoms with E-state index < -0.39 is 28.8 Å². The largest absolute Gasteiger partial charge is 0.465 e. The van der Waals surface area contributed by atoms with E-state index >= 15 is 0 Å². The average Bonchev–Trinajstić information content (AvgIpc) is 2.14. The first-order valence-electron chi connectivity index (χ1n) is 4.16. The molecule has 16 heavy (non-hydrogen) atoms. The van der Waals surface area contributed by atoms with Gasteiger partial charge in [0.2, 0.25) is 5.56 Å². The van der Waals surface area contributed by atoms with Crippen LogP contribution in [-0.4, -0.2) is 18.1 Å². The molecular formula is C9H8F3NO3. The molecule has 4 nitrogen and oxygen atoms in total. The van der Waals surface area contributed by atoms with Crippen LogP contribution in [0.15, 0.2) is 10.9 Å². The number of aryl methyl sites for hydroxylation is 1. The molecule has 0 amide bonds. The van der Waals surface area contributed by atoms with Gasteiger partial charge in [-0.3, -0.25) is 4.79 Å². The molecule has 1 heterocycles. The van der Waals surface area contributed by atoms with E-state index in [9.17, 15) is 22.8 Å². The summed E-state index contributed by atoms with van der Waals surface area (Å²) in [5, 5.41) is 0. The Kier molecular flexibility index (Phi) is 3.06. The Hall–Kier alpha value is -1.79. The molecular weight excluding hydrogens is 227 g/mol. The van der Waals surface area contributed by atoms with E-state index in [2.05, 4.69) is 9.72 Å². The zero-order valence-electron chi connectivity index (χ0n) is 8.44. The molecule has 0 fully saturated rings. The molecule has 0 aliphatic rings. The lowest BCUT2D eigenvalue weighted by Gasteiger charge is -2.12. The molecule has 0 bridgehead atoms. The second-order valence-corrected chi connectivity index (χ2v) is 3.04. The lowest BCUT2D eigenvalue weighted by molar-refractivity contribution is -0.138. The van der Waals surface area contributed by atoms with Crippen LogP contribution < -0.4 is 5.56 Å². The zero-order chi connectivity index (χ0) is 12.5. The van der Waals surface area contributed by atoms with Gasteiger partial charge in [-0.05, 0) is 6.92 Å². The van der Waals surface area contributed by atoms with Crippen molar-refractivity contribution in [3.8, 4) is 0 Å². The number of nitrogens with one attached hydrogen (secondary N) is 1. The van der Waals surface area contributed by atoms with Crippen LogP contribution in [0.3, 0.4) is 0 Å². The number of alkyl halides is 3. The van der Waals surface area contributed by atoms with E-state index in [1.165, 1.54) is 6.92 Å². The summed E-state index contributed by atoms with van der Waals surface area (Å²) in [4.78, 5) is 24.2. The van der Waals surface area contributed by atoms with Crippen molar-refractivity contribution in [3.05, 3.63) is 33.2 Å². The number of ether oxygens (including phenoxy) is 1. The second-order valence-electron chi connectivity index (χ2n) is 3.04. The Labute approximate surface area is 88.0 Å². The van der Waals surface area contributed by atoms with Crippen molar-refractivity contribution < 1.29 is 22.7 Å². The number of carbonyl (C=O) groups excluding carboxylic acids is 1. The zero-order valence-corrected chi connectivity index (χ0v) is 8.44. The highest BCUT2D eigenvalue weighted by Crippen LogP contribution is 2.32.